The summed E-state index contributed by atoms with van der Waals surface area (Å²) in [6.07, 6.45) is -1.46. The summed E-state index contributed by atoms with van der Waals surface area (Å²) in [5.74, 6) is -8.21. The van der Waals surface area contributed by atoms with E-state index >= 15 is 0 Å². The van der Waals surface area contributed by atoms with Gasteiger partial charge in [0.05, 0.1) is 19.0 Å². The third-order valence-corrected chi connectivity index (χ3v) is 5.97. The fourth-order valence-electron chi connectivity index (χ4n) is 3.73. The molecular weight excluding hydrogens is 584 g/mol. The number of carboxylic acid groups (broad SMARTS) is 3. The Bertz CT molecular complexity index is 1200. The Morgan fingerprint density at radius 2 is 1.39 bits per heavy atom. The van der Waals surface area contributed by atoms with Crippen molar-refractivity contribution in [2.75, 3.05) is 13.1 Å². The number of hydrogen-bond acceptors (Lipinski definition) is 9. The molecule has 0 unspecified atom stereocenters. The second kappa shape index (κ2) is 19.0. The van der Waals surface area contributed by atoms with Crippen LogP contribution in [0, 0.1) is 5.41 Å². The molecule has 1 rings (SSSR count). The lowest BCUT2D eigenvalue weighted by atomic mass is 10.0. The molecule has 0 aromatic heterocycles. The molecule has 4 atom stereocenters. The Labute approximate surface area is 251 Å². The summed E-state index contributed by atoms with van der Waals surface area (Å²) in [5, 5.41) is 46.2. The van der Waals surface area contributed by atoms with Crippen molar-refractivity contribution in [1.29, 1.82) is 5.41 Å². The Balaban J connectivity index is 2.94. The van der Waals surface area contributed by atoms with Crippen LogP contribution in [-0.4, -0.2) is 100 Å². The van der Waals surface area contributed by atoms with Crippen molar-refractivity contribution in [2.24, 2.45) is 11.5 Å². The fourth-order valence-corrected chi connectivity index (χ4v) is 3.73. The summed E-state index contributed by atoms with van der Waals surface area (Å²) in [5.41, 5.74) is 11.5. The first-order chi connectivity index (χ1) is 20.7. The van der Waals surface area contributed by atoms with Crippen LogP contribution in [0.25, 0.3) is 0 Å². The third-order valence-electron chi connectivity index (χ3n) is 5.97. The van der Waals surface area contributed by atoms with Crippen molar-refractivity contribution in [3.8, 4) is 0 Å². The topological polar surface area (TPSA) is 316 Å². The molecule has 13 N–H and O–H groups in total. The second-order valence-electron chi connectivity index (χ2n) is 9.61. The SMILES string of the molecule is N=C(N)NCCC[C@H](N)C(=O)NCC(=O)N[C@@H](CC(=O)O)C(=O)N[C@H](Cc1ccccc1)C(=O)N[C@@H](CCC(=O)O)C(=O)O. The van der Waals surface area contributed by atoms with Crippen LogP contribution in [0.15, 0.2) is 30.3 Å². The van der Waals surface area contributed by atoms with E-state index in [1.165, 1.54) is 0 Å². The lowest BCUT2D eigenvalue weighted by molar-refractivity contribution is -0.144. The average molecular weight is 623 g/mol. The highest BCUT2D eigenvalue weighted by Gasteiger charge is 2.31. The summed E-state index contributed by atoms with van der Waals surface area (Å²) in [7, 11) is 0. The average Bonchev–Trinajstić information content (AvgIpc) is 2.95. The van der Waals surface area contributed by atoms with Gasteiger partial charge in [-0.15, -0.1) is 0 Å². The Kier molecular flexibility index (Phi) is 15.9. The van der Waals surface area contributed by atoms with Crippen LogP contribution >= 0.6 is 0 Å². The summed E-state index contributed by atoms with van der Waals surface area (Å²) in [6.45, 7) is -0.356. The molecule has 242 valence electrons. The van der Waals surface area contributed by atoms with E-state index in [9.17, 15) is 43.8 Å². The number of aliphatic carboxylic acids is 3. The van der Waals surface area contributed by atoms with E-state index in [1.807, 2.05) is 0 Å². The van der Waals surface area contributed by atoms with Crippen LogP contribution in [0.2, 0.25) is 0 Å². The number of carbonyl (C=O) groups is 7. The molecule has 0 bridgehead atoms. The lowest BCUT2D eigenvalue weighted by Gasteiger charge is -2.24. The number of carboxylic acids is 3. The Morgan fingerprint density at radius 3 is 1.95 bits per heavy atom. The van der Waals surface area contributed by atoms with Crippen LogP contribution in [0.3, 0.4) is 0 Å². The van der Waals surface area contributed by atoms with Gasteiger partial charge in [0.2, 0.25) is 23.6 Å². The minimum atomic E-state index is -1.70. The molecule has 4 amide bonds. The highest BCUT2D eigenvalue weighted by Crippen LogP contribution is 2.07. The second-order valence-corrected chi connectivity index (χ2v) is 9.61. The molecule has 18 heteroatoms. The number of amides is 4. The molecule has 0 aliphatic carbocycles. The van der Waals surface area contributed by atoms with Crippen molar-refractivity contribution < 1.29 is 48.9 Å². The summed E-state index contributed by atoms with van der Waals surface area (Å²) < 4.78 is 0. The molecule has 44 heavy (non-hydrogen) atoms. The quantitative estimate of drug-likeness (QED) is 0.0388. The number of benzene rings is 1. The van der Waals surface area contributed by atoms with Crippen molar-refractivity contribution in [3.63, 3.8) is 0 Å². The third kappa shape index (κ3) is 15.1. The van der Waals surface area contributed by atoms with Gasteiger partial charge in [-0.3, -0.25) is 34.2 Å². The summed E-state index contributed by atoms with van der Waals surface area (Å²) in [6, 6.07) is 2.49. The minimum Gasteiger partial charge on any atom is -0.481 e. The molecule has 0 aliphatic rings. The van der Waals surface area contributed by atoms with E-state index in [1.54, 1.807) is 30.3 Å². The van der Waals surface area contributed by atoms with Gasteiger partial charge in [-0.05, 0) is 24.8 Å². The van der Waals surface area contributed by atoms with Crippen molar-refractivity contribution in [3.05, 3.63) is 35.9 Å². The number of hydrogen-bond donors (Lipinski definition) is 11. The lowest BCUT2D eigenvalue weighted by Crippen LogP contribution is -2.57. The van der Waals surface area contributed by atoms with Crippen LogP contribution in [0.1, 0.15) is 37.7 Å². The molecule has 0 radical (unpaired) electrons. The molecule has 0 heterocycles. The first-order valence-corrected chi connectivity index (χ1v) is 13.4. The number of nitrogens with two attached hydrogens (primary N) is 2. The molecule has 1 aromatic rings. The van der Waals surface area contributed by atoms with E-state index < -0.39 is 91.5 Å². The Hall–Kier alpha value is -5.26. The maximum Gasteiger partial charge on any atom is 0.326 e. The van der Waals surface area contributed by atoms with Gasteiger partial charge in [0.25, 0.3) is 0 Å². The molecule has 18 nitrogen and oxygen atoms in total. The van der Waals surface area contributed by atoms with Crippen molar-refractivity contribution in [1.82, 2.24) is 26.6 Å². The molecule has 0 spiro atoms. The first-order valence-electron chi connectivity index (χ1n) is 13.4. The van der Waals surface area contributed by atoms with Gasteiger partial charge >= 0.3 is 17.9 Å². The molecular formula is C26H38N8O10. The zero-order chi connectivity index (χ0) is 33.2. The van der Waals surface area contributed by atoms with E-state index in [-0.39, 0.29) is 18.8 Å². The highest BCUT2D eigenvalue weighted by atomic mass is 16.4. The van der Waals surface area contributed by atoms with E-state index in [0.29, 0.717) is 18.5 Å². The highest BCUT2D eigenvalue weighted by molar-refractivity contribution is 5.96. The van der Waals surface area contributed by atoms with Crippen LogP contribution in [-0.2, 0) is 40.0 Å². The predicted octanol–water partition coefficient (Wildman–Crippen LogP) is -3.19. The van der Waals surface area contributed by atoms with E-state index in [2.05, 4.69) is 26.6 Å². The standard InChI is InChI=1S/C26H38N8O10/c27-15(7-4-10-30-26(28)29)22(40)31-13-19(35)32-18(12-21(38)39)24(42)34-17(11-14-5-2-1-3-6-14)23(41)33-16(25(43)44)8-9-20(36)37/h1-3,5-6,15-18H,4,7-13,27H2,(H,31,40)(H,32,35)(H,33,41)(H,34,42)(H,36,37)(H,38,39)(H,43,44)(H4,28,29,30)/t15-,16-,17+,18-/m0/s1. The molecule has 0 fully saturated rings. The Morgan fingerprint density at radius 1 is 0.773 bits per heavy atom. The van der Waals surface area contributed by atoms with Crippen LogP contribution in [0.4, 0.5) is 0 Å². The van der Waals surface area contributed by atoms with E-state index in [4.69, 9.17) is 22.0 Å². The zero-order valence-corrected chi connectivity index (χ0v) is 23.7. The van der Waals surface area contributed by atoms with Crippen LogP contribution < -0.4 is 38.1 Å². The van der Waals surface area contributed by atoms with Crippen molar-refractivity contribution >= 4 is 47.5 Å². The molecule has 1 aromatic carbocycles. The maximum atomic E-state index is 13.1. The summed E-state index contributed by atoms with van der Waals surface area (Å²) >= 11 is 0. The first kappa shape index (κ1) is 36.8. The van der Waals surface area contributed by atoms with Gasteiger partial charge in [-0.25, -0.2) is 4.79 Å². The zero-order valence-electron chi connectivity index (χ0n) is 23.7. The van der Waals surface area contributed by atoms with E-state index in [0.717, 1.165) is 0 Å². The largest absolute Gasteiger partial charge is 0.481 e. The van der Waals surface area contributed by atoms with Gasteiger partial charge < -0.3 is 53.4 Å². The molecule has 0 saturated carbocycles. The number of guanidine groups is 1. The molecule has 0 aliphatic heterocycles. The monoisotopic (exact) mass is 622 g/mol. The van der Waals surface area contributed by atoms with Gasteiger partial charge in [0.15, 0.2) is 5.96 Å². The van der Waals surface area contributed by atoms with Gasteiger partial charge in [0, 0.05) is 19.4 Å². The predicted molar refractivity (Wildman–Crippen MR) is 153 cm³/mol. The smallest absolute Gasteiger partial charge is 0.326 e. The number of nitrogens with one attached hydrogen (secondary N) is 6. The number of rotatable bonds is 20. The van der Waals surface area contributed by atoms with Gasteiger partial charge in [-0.2, -0.15) is 0 Å². The normalized spacial score (nSPS) is 13.2. The number of carbonyl (C=O) groups excluding carboxylic acids is 4. The fraction of sp³-hybridized carbons (Fsp3) is 0.462. The maximum absolute atomic E-state index is 13.1. The minimum absolute atomic E-state index is 0.159. The van der Waals surface area contributed by atoms with Crippen LogP contribution in [0.5, 0.6) is 0 Å². The van der Waals surface area contributed by atoms with Gasteiger partial charge in [-0.1, -0.05) is 30.3 Å². The molecule has 0 saturated heterocycles. The van der Waals surface area contributed by atoms with Gasteiger partial charge in [0.1, 0.15) is 18.1 Å². The summed E-state index contributed by atoms with van der Waals surface area (Å²) in [4.78, 5) is 84.7. The van der Waals surface area contributed by atoms with Crippen molar-refractivity contribution in [2.45, 2.75) is 62.7 Å².